The van der Waals surface area contributed by atoms with E-state index in [2.05, 4.69) is 24.4 Å². The molecule has 2 saturated carbocycles. The molecule has 0 aliphatic heterocycles. The number of benzene rings is 1. The summed E-state index contributed by atoms with van der Waals surface area (Å²) < 4.78 is 0. The smallest absolute Gasteiger partial charge is 0.308 e. The van der Waals surface area contributed by atoms with Gasteiger partial charge in [0.15, 0.2) is 0 Å². The van der Waals surface area contributed by atoms with Crippen molar-refractivity contribution in [3.63, 3.8) is 0 Å². The summed E-state index contributed by atoms with van der Waals surface area (Å²) in [4.78, 5) is 11.5. The van der Waals surface area contributed by atoms with E-state index < -0.39 is 5.97 Å². The molecule has 5 unspecified atom stereocenters. The topological polar surface area (TPSA) is 49.3 Å². The summed E-state index contributed by atoms with van der Waals surface area (Å²) in [6.45, 7) is 2.13. The number of carboxylic acids is 1. The minimum atomic E-state index is -0.620. The highest BCUT2D eigenvalue weighted by molar-refractivity contribution is 5.72. The average molecular weight is 259 g/mol. The van der Waals surface area contributed by atoms with Gasteiger partial charge in [-0.05, 0) is 43.6 Å². The molecule has 0 saturated heterocycles. The molecule has 5 atom stereocenters. The summed E-state index contributed by atoms with van der Waals surface area (Å²) in [5, 5.41) is 13.0. The molecule has 102 valence electrons. The molecular weight excluding hydrogens is 238 g/mol. The van der Waals surface area contributed by atoms with Crippen molar-refractivity contribution in [2.75, 3.05) is 0 Å². The van der Waals surface area contributed by atoms with E-state index in [1.807, 2.05) is 18.2 Å². The minimum Gasteiger partial charge on any atom is -0.481 e. The lowest BCUT2D eigenvalue weighted by molar-refractivity contribution is -0.144. The van der Waals surface area contributed by atoms with E-state index in [9.17, 15) is 9.90 Å². The van der Waals surface area contributed by atoms with Crippen LogP contribution in [0.15, 0.2) is 30.3 Å². The summed E-state index contributed by atoms with van der Waals surface area (Å²) in [5.41, 5.74) is 1.23. The molecule has 1 aromatic carbocycles. The summed E-state index contributed by atoms with van der Waals surface area (Å²) in [7, 11) is 0. The second kappa shape index (κ2) is 4.97. The number of fused-ring (bicyclic) bond motifs is 2. The van der Waals surface area contributed by atoms with E-state index in [-0.39, 0.29) is 18.0 Å². The molecule has 3 rings (SSSR count). The standard InChI is InChI=1S/C16H21NO2/c1-10(11-5-3-2-4-6-11)17-15-13-8-7-12(9-13)14(15)16(18)19/h2-6,10,12-15,17H,7-9H2,1H3,(H,18,19). The number of nitrogens with one attached hydrogen (secondary N) is 1. The van der Waals surface area contributed by atoms with Gasteiger partial charge in [-0.25, -0.2) is 0 Å². The van der Waals surface area contributed by atoms with Gasteiger partial charge in [-0.15, -0.1) is 0 Å². The Hall–Kier alpha value is -1.35. The lowest BCUT2D eigenvalue weighted by Crippen LogP contribution is -2.45. The third-order valence-electron chi connectivity index (χ3n) is 4.94. The first-order chi connectivity index (χ1) is 9.16. The van der Waals surface area contributed by atoms with Crippen molar-refractivity contribution in [2.24, 2.45) is 17.8 Å². The Morgan fingerprint density at radius 1 is 1.26 bits per heavy atom. The third-order valence-corrected chi connectivity index (χ3v) is 4.94. The van der Waals surface area contributed by atoms with Crippen molar-refractivity contribution in [3.8, 4) is 0 Å². The van der Waals surface area contributed by atoms with Crippen molar-refractivity contribution in [3.05, 3.63) is 35.9 Å². The second-order valence-electron chi connectivity index (χ2n) is 6.02. The molecule has 3 heteroatoms. The number of carbonyl (C=O) groups is 1. The third kappa shape index (κ3) is 2.27. The van der Waals surface area contributed by atoms with E-state index in [1.54, 1.807) is 0 Å². The first-order valence-corrected chi connectivity index (χ1v) is 7.20. The van der Waals surface area contributed by atoms with Crippen molar-refractivity contribution in [1.29, 1.82) is 0 Å². The molecule has 0 aromatic heterocycles. The molecule has 0 amide bonds. The van der Waals surface area contributed by atoms with E-state index in [0.29, 0.717) is 11.8 Å². The molecule has 3 nitrogen and oxygen atoms in total. The fourth-order valence-corrected chi connectivity index (χ4v) is 4.01. The normalized spacial score (nSPS) is 34.4. The van der Waals surface area contributed by atoms with Crippen molar-refractivity contribution < 1.29 is 9.90 Å². The molecule has 2 fully saturated rings. The van der Waals surface area contributed by atoms with Crippen LogP contribution in [0.2, 0.25) is 0 Å². The van der Waals surface area contributed by atoms with Crippen LogP contribution in [0.3, 0.4) is 0 Å². The van der Waals surface area contributed by atoms with Gasteiger partial charge in [0.25, 0.3) is 0 Å². The summed E-state index contributed by atoms with van der Waals surface area (Å²) in [6.07, 6.45) is 3.38. The zero-order chi connectivity index (χ0) is 13.4. The maximum Gasteiger partial charge on any atom is 0.308 e. The lowest BCUT2D eigenvalue weighted by Gasteiger charge is -2.31. The van der Waals surface area contributed by atoms with Crippen molar-refractivity contribution >= 4 is 5.97 Å². The first-order valence-electron chi connectivity index (χ1n) is 7.20. The number of carboxylic acid groups (broad SMARTS) is 1. The number of hydrogen-bond donors (Lipinski definition) is 2. The Morgan fingerprint density at radius 2 is 1.95 bits per heavy atom. The zero-order valence-electron chi connectivity index (χ0n) is 11.3. The molecule has 0 radical (unpaired) electrons. The van der Waals surface area contributed by atoms with Gasteiger partial charge in [0, 0.05) is 12.1 Å². The van der Waals surface area contributed by atoms with Crippen LogP contribution in [0.25, 0.3) is 0 Å². The van der Waals surface area contributed by atoms with Crippen LogP contribution in [0.5, 0.6) is 0 Å². The second-order valence-corrected chi connectivity index (χ2v) is 6.02. The van der Waals surface area contributed by atoms with E-state index >= 15 is 0 Å². The van der Waals surface area contributed by atoms with Gasteiger partial charge in [0.2, 0.25) is 0 Å². The molecular formula is C16H21NO2. The monoisotopic (exact) mass is 259 g/mol. The van der Waals surface area contributed by atoms with Gasteiger partial charge in [-0.3, -0.25) is 4.79 Å². The molecule has 2 aliphatic rings. The Kier molecular flexibility index (Phi) is 3.31. The van der Waals surface area contributed by atoms with Crippen molar-refractivity contribution in [1.82, 2.24) is 5.32 Å². The van der Waals surface area contributed by atoms with Crippen LogP contribution in [-0.2, 0) is 4.79 Å². The van der Waals surface area contributed by atoms with E-state index in [0.717, 1.165) is 12.8 Å². The zero-order valence-corrected chi connectivity index (χ0v) is 11.3. The summed E-state index contributed by atoms with van der Waals surface area (Å²) in [6, 6.07) is 10.6. The Balaban J connectivity index is 1.73. The Bertz CT molecular complexity index is 459. The van der Waals surface area contributed by atoms with Gasteiger partial charge in [-0.2, -0.15) is 0 Å². The van der Waals surface area contributed by atoms with Crippen LogP contribution in [0.4, 0.5) is 0 Å². The predicted molar refractivity (Wildman–Crippen MR) is 73.7 cm³/mol. The maximum absolute atomic E-state index is 11.5. The molecule has 1 aromatic rings. The van der Waals surface area contributed by atoms with E-state index in [4.69, 9.17) is 0 Å². The van der Waals surface area contributed by atoms with Crippen LogP contribution in [-0.4, -0.2) is 17.1 Å². The predicted octanol–water partition coefficient (Wildman–Crippen LogP) is 2.84. The fourth-order valence-electron chi connectivity index (χ4n) is 4.01. The largest absolute Gasteiger partial charge is 0.481 e. The highest BCUT2D eigenvalue weighted by Crippen LogP contribution is 2.49. The van der Waals surface area contributed by atoms with Crippen LogP contribution >= 0.6 is 0 Å². The molecule has 0 spiro atoms. The molecule has 19 heavy (non-hydrogen) atoms. The Labute approximate surface area is 114 Å². The van der Waals surface area contributed by atoms with Gasteiger partial charge >= 0.3 is 5.97 Å². The van der Waals surface area contributed by atoms with Gasteiger partial charge < -0.3 is 10.4 Å². The highest BCUT2D eigenvalue weighted by atomic mass is 16.4. The molecule has 2 aliphatic carbocycles. The molecule has 2 N–H and O–H groups in total. The average Bonchev–Trinajstić information content (AvgIpc) is 3.00. The van der Waals surface area contributed by atoms with Gasteiger partial charge in [-0.1, -0.05) is 30.3 Å². The lowest BCUT2D eigenvalue weighted by atomic mass is 9.84. The van der Waals surface area contributed by atoms with Crippen LogP contribution in [0.1, 0.15) is 37.8 Å². The summed E-state index contributed by atoms with van der Waals surface area (Å²) >= 11 is 0. The van der Waals surface area contributed by atoms with Crippen LogP contribution in [0, 0.1) is 17.8 Å². The Morgan fingerprint density at radius 3 is 2.63 bits per heavy atom. The van der Waals surface area contributed by atoms with E-state index in [1.165, 1.54) is 12.0 Å². The quantitative estimate of drug-likeness (QED) is 0.874. The molecule has 2 bridgehead atoms. The number of aliphatic carboxylic acids is 1. The minimum absolute atomic E-state index is 0.145. The molecule has 0 heterocycles. The van der Waals surface area contributed by atoms with Gasteiger partial charge in [0.1, 0.15) is 0 Å². The first kappa shape index (κ1) is 12.7. The van der Waals surface area contributed by atoms with Gasteiger partial charge in [0.05, 0.1) is 5.92 Å². The van der Waals surface area contributed by atoms with Crippen molar-refractivity contribution in [2.45, 2.75) is 38.3 Å². The summed E-state index contributed by atoms with van der Waals surface area (Å²) in [5.74, 6) is 0.134. The number of rotatable bonds is 4. The number of hydrogen-bond acceptors (Lipinski definition) is 2. The van der Waals surface area contributed by atoms with Crippen LogP contribution < -0.4 is 5.32 Å². The highest BCUT2D eigenvalue weighted by Gasteiger charge is 2.51. The maximum atomic E-state index is 11.5. The SMILES string of the molecule is CC(NC1C2CCC(C2)C1C(=O)O)c1ccccc1. The fraction of sp³-hybridized carbons (Fsp3) is 0.562.